The van der Waals surface area contributed by atoms with Gasteiger partial charge in [0.05, 0.1) is 0 Å². The van der Waals surface area contributed by atoms with Gasteiger partial charge >= 0.3 is 0 Å². The van der Waals surface area contributed by atoms with Crippen LogP contribution in [-0.4, -0.2) is 0 Å². The maximum atomic E-state index is 6.74. The highest BCUT2D eigenvalue weighted by Crippen LogP contribution is 2.54. The number of rotatable bonds is 2. The fourth-order valence-electron chi connectivity index (χ4n) is 10.7. The van der Waals surface area contributed by atoms with Gasteiger partial charge in [-0.15, -0.1) is 0 Å². The van der Waals surface area contributed by atoms with Crippen LogP contribution in [0.2, 0.25) is 0 Å². The molecule has 0 atom stereocenters. The molecule has 2 heterocycles. The molecule has 0 unspecified atom stereocenters. The van der Waals surface area contributed by atoms with Crippen LogP contribution in [0.25, 0.3) is 143 Å². The van der Waals surface area contributed by atoms with Crippen LogP contribution >= 0.6 is 0 Å². The smallest absolute Gasteiger partial charge is 0.143 e. The van der Waals surface area contributed by atoms with Gasteiger partial charge in [-0.3, -0.25) is 0 Å². The molecular weight excluding hydrogens is 753 g/mol. The van der Waals surface area contributed by atoms with Crippen LogP contribution in [-0.2, 0) is 0 Å². The highest BCUT2D eigenvalue weighted by atomic mass is 16.3. The number of para-hydroxylation sites is 4. The third-order valence-electron chi connectivity index (χ3n) is 13.4. The van der Waals surface area contributed by atoms with Crippen LogP contribution in [0, 0.1) is 0 Å². The monoisotopic (exact) mass is 786 g/mol. The quantitative estimate of drug-likeness (QED) is 0.163. The maximum Gasteiger partial charge on any atom is 0.143 e. The molecule has 0 saturated heterocycles. The molecule has 0 saturated carbocycles. The fourth-order valence-corrected chi connectivity index (χ4v) is 10.7. The Hall–Kier alpha value is -8.20. The van der Waals surface area contributed by atoms with E-state index >= 15 is 0 Å². The van der Waals surface area contributed by atoms with E-state index in [9.17, 15) is 0 Å². The summed E-state index contributed by atoms with van der Waals surface area (Å²) in [5, 5.41) is 12.0. The Kier molecular flexibility index (Phi) is 6.86. The summed E-state index contributed by atoms with van der Waals surface area (Å²) in [5.41, 5.74) is 17.6. The molecule has 62 heavy (non-hydrogen) atoms. The summed E-state index contributed by atoms with van der Waals surface area (Å²) in [7, 11) is 0. The van der Waals surface area contributed by atoms with Crippen molar-refractivity contribution in [2.24, 2.45) is 0 Å². The second-order valence-corrected chi connectivity index (χ2v) is 16.6. The van der Waals surface area contributed by atoms with Crippen molar-refractivity contribution in [3.63, 3.8) is 0 Å². The lowest BCUT2D eigenvalue weighted by Crippen LogP contribution is -2.00. The first-order chi connectivity index (χ1) is 30.8. The van der Waals surface area contributed by atoms with Crippen molar-refractivity contribution in [3.8, 4) is 66.8 Å². The van der Waals surface area contributed by atoms with E-state index < -0.39 is 0 Å². The molecule has 0 spiro atoms. The van der Waals surface area contributed by atoms with Crippen molar-refractivity contribution in [1.82, 2.24) is 0 Å². The molecule has 1 aliphatic rings. The highest BCUT2D eigenvalue weighted by Gasteiger charge is 2.27. The minimum Gasteiger partial charge on any atom is -0.455 e. The summed E-state index contributed by atoms with van der Waals surface area (Å²) in [4.78, 5) is 0. The molecule has 0 N–H and O–H groups in total. The van der Waals surface area contributed by atoms with E-state index in [1.165, 1.54) is 76.8 Å². The zero-order chi connectivity index (χ0) is 40.5. The lowest BCUT2D eigenvalue weighted by atomic mass is 9.76. The Bertz CT molecular complexity index is 3970. The summed E-state index contributed by atoms with van der Waals surface area (Å²) in [5.74, 6) is 0. The van der Waals surface area contributed by atoms with Crippen molar-refractivity contribution >= 4 is 76.2 Å². The lowest BCUT2D eigenvalue weighted by Gasteiger charge is -2.26. The van der Waals surface area contributed by atoms with E-state index in [0.717, 1.165) is 66.1 Å². The summed E-state index contributed by atoms with van der Waals surface area (Å²) in [6.07, 6.45) is 0. The predicted molar refractivity (Wildman–Crippen MR) is 260 cm³/mol. The number of furan rings is 2. The van der Waals surface area contributed by atoms with Gasteiger partial charge in [0.25, 0.3) is 0 Å². The first-order valence-electron chi connectivity index (χ1n) is 21.3. The summed E-state index contributed by atoms with van der Waals surface area (Å²) >= 11 is 0. The average Bonchev–Trinajstić information content (AvgIpc) is 3.92. The van der Waals surface area contributed by atoms with Crippen LogP contribution < -0.4 is 0 Å². The summed E-state index contributed by atoms with van der Waals surface area (Å²) < 4.78 is 13.4. The number of hydrogen-bond donors (Lipinski definition) is 0. The van der Waals surface area contributed by atoms with E-state index in [2.05, 4.69) is 194 Å². The van der Waals surface area contributed by atoms with Crippen LogP contribution in [0.1, 0.15) is 0 Å². The third-order valence-corrected chi connectivity index (χ3v) is 13.4. The van der Waals surface area contributed by atoms with Crippen LogP contribution in [0.15, 0.2) is 215 Å². The molecule has 0 fully saturated rings. The Morgan fingerprint density at radius 3 is 1.23 bits per heavy atom. The third kappa shape index (κ3) is 4.64. The van der Waals surface area contributed by atoms with E-state index in [-0.39, 0.29) is 0 Å². The standard InChI is InChI=1S/C60H34O2/c1-3-17-40-37(14-1)38-15-2-4-18-41(38)53-34-55-51-32-35(36-22-11-25-48-43-19-7-9-28-56(43)61-59(36)48)30-31-42(51)39-16-5-6-21-45(39)58-46(23-12-24-47(58)54(55)33-52(40)53)50-27-13-26-49-44-20-8-10-29-57(44)62-60(49)50/h1-34H. The molecule has 0 aliphatic heterocycles. The van der Waals surface area contributed by atoms with E-state index in [1.54, 1.807) is 0 Å². The number of fused-ring (bicyclic) bond motifs is 20. The molecule has 1 aliphatic carbocycles. The Labute approximate surface area is 356 Å². The maximum absolute atomic E-state index is 6.74. The van der Waals surface area contributed by atoms with Gasteiger partial charge in [0.2, 0.25) is 0 Å². The molecule has 286 valence electrons. The Balaban J connectivity index is 1.13. The second kappa shape index (κ2) is 12.7. The highest BCUT2D eigenvalue weighted by molar-refractivity contribution is 6.27. The van der Waals surface area contributed by atoms with Crippen molar-refractivity contribution in [1.29, 1.82) is 0 Å². The van der Waals surface area contributed by atoms with Crippen LogP contribution in [0.5, 0.6) is 0 Å². The van der Waals surface area contributed by atoms with Crippen molar-refractivity contribution < 1.29 is 8.83 Å². The van der Waals surface area contributed by atoms with Crippen molar-refractivity contribution in [2.45, 2.75) is 0 Å². The fraction of sp³-hybridized carbons (Fsp3) is 0. The molecule has 14 rings (SSSR count). The van der Waals surface area contributed by atoms with Gasteiger partial charge in [0.1, 0.15) is 22.3 Å². The average molecular weight is 787 g/mol. The molecule has 2 aromatic heterocycles. The lowest BCUT2D eigenvalue weighted by molar-refractivity contribution is 0.669. The zero-order valence-corrected chi connectivity index (χ0v) is 33.4. The minimum absolute atomic E-state index is 0.896. The minimum atomic E-state index is 0.896. The van der Waals surface area contributed by atoms with Gasteiger partial charge in [0, 0.05) is 32.7 Å². The van der Waals surface area contributed by atoms with Gasteiger partial charge in [-0.2, -0.15) is 0 Å². The molecule has 2 heteroatoms. The van der Waals surface area contributed by atoms with E-state index in [0.29, 0.717) is 0 Å². The van der Waals surface area contributed by atoms with E-state index in [1.807, 2.05) is 12.1 Å². The van der Waals surface area contributed by atoms with Gasteiger partial charge in [-0.25, -0.2) is 0 Å². The van der Waals surface area contributed by atoms with Crippen LogP contribution in [0.4, 0.5) is 0 Å². The molecule has 2 nitrogen and oxygen atoms in total. The molecule has 11 aromatic carbocycles. The molecule has 13 aromatic rings. The predicted octanol–water partition coefficient (Wildman–Crippen LogP) is 17.3. The molecule has 0 amide bonds. The number of hydrogen-bond acceptors (Lipinski definition) is 2. The Morgan fingerprint density at radius 1 is 0.210 bits per heavy atom. The van der Waals surface area contributed by atoms with Crippen molar-refractivity contribution in [2.75, 3.05) is 0 Å². The van der Waals surface area contributed by atoms with Gasteiger partial charge in [-0.05, 0) is 118 Å². The van der Waals surface area contributed by atoms with Gasteiger partial charge < -0.3 is 8.83 Å². The largest absolute Gasteiger partial charge is 0.455 e. The molecule has 0 radical (unpaired) electrons. The SMILES string of the molecule is c1ccc2c(c1)-c1ccc(-c3cccc4c3oc3ccccc34)cc1-c1cc3c4ccccc4c4ccccc4c3cc1-c1cccc(-c3cccc4c3oc3ccccc34)c1-2. The first kappa shape index (κ1) is 33.6. The van der Waals surface area contributed by atoms with Crippen LogP contribution in [0.3, 0.4) is 0 Å². The second-order valence-electron chi connectivity index (χ2n) is 16.6. The van der Waals surface area contributed by atoms with Crippen molar-refractivity contribution in [3.05, 3.63) is 206 Å². The number of benzene rings is 11. The van der Waals surface area contributed by atoms with E-state index in [4.69, 9.17) is 8.83 Å². The molecule has 0 bridgehead atoms. The summed E-state index contributed by atoms with van der Waals surface area (Å²) in [6.45, 7) is 0. The summed E-state index contributed by atoms with van der Waals surface area (Å²) in [6, 6.07) is 75.4. The molecular formula is C60H34O2. The Morgan fingerprint density at radius 2 is 0.597 bits per heavy atom. The topological polar surface area (TPSA) is 26.3 Å². The first-order valence-corrected chi connectivity index (χ1v) is 21.3. The normalized spacial score (nSPS) is 12.2. The van der Waals surface area contributed by atoms with Gasteiger partial charge in [-0.1, -0.05) is 176 Å². The zero-order valence-electron chi connectivity index (χ0n) is 33.4. The van der Waals surface area contributed by atoms with Gasteiger partial charge in [0.15, 0.2) is 0 Å².